The van der Waals surface area contributed by atoms with Gasteiger partial charge >= 0.3 is 5.97 Å². The van der Waals surface area contributed by atoms with Crippen LogP contribution in [0.4, 0.5) is 10.1 Å². The van der Waals surface area contributed by atoms with Crippen LogP contribution in [0.2, 0.25) is 0 Å². The van der Waals surface area contributed by atoms with Gasteiger partial charge in [-0.3, -0.25) is 9.59 Å². The first-order valence-electron chi connectivity index (χ1n) is 9.48. The van der Waals surface area contributed by atoms with Gasteiger partial charge in [0.05, 0.1) is 22.4 Å². The maximum Gasteiger partial charge on any atom is 0.335 e. The molecule has 2 N–H and O–H groups in total. The number of carbonyl (C=O) groups is 3. The molecule has 1 aliphatic heterocycles. The smallest absolute Gasteiger partial charge is 0.335 e. The van der Waals surface area contributed by atoms with E-state index in [9.17, 15) is 18.8 Å². The molecule has 0 spiro atoms. The number of hydrogen-bond acceptors (Lipinski definition) is 3. The van der Waals surface area contributed by atoms with Crippen LogP contribution >= 0.6 is 0 Å². The fraction of sp³-hybridized carbons (Fsp3) is 0.318. The first-order chi connectivity index (χ1) is 13.8. The topological polar surface area (TPSA) is 86.7 Å². The van der Waals surface area contributed by atoms with Crippen molar-refractivity contribution in [1.82, 2.24) is 4.90 Å². The number of rotatable bonds is 4. The van der Waals surface area contributed by atoms with Crippen molar-refractivity contribution in [3.8, 4) is 0 Å². The predicted octanol–water partition coefficient (Wildman–Crippen LogP) is 3.89. The molecule has 6 nitrogen and oxygen atoms in total. The summed E-state index contributed by atoms with van der Waals surface area (Å²) in [4.78, 5) is 38.3. The number of aromatic carboxylic acids is 1. The number of benzene rings is 2. The number of likely N-dealkylation sites (tertiary alicyclic amines) is 1. The maximum atomic E-state index is 14.2. The van der Waals surface area contributed by atoms with Gasteiger partial charge in [-0.05, 0) is 48.6 Å². The number of nitrogens with one attached hydrogen (secondary N) is 1. The number of para-hydroxylation sites is 1. The Labute approximate surface area is 168 Å². The van der Waals surface area contributed by atoms with E-state index in [2.05, 4.69) is 19.2 Å². The quantitative estimate of drug-likeness (QED) is 0.818. The first kappa shape index (κ1) is 20.5. The van der Waals surface area contributed by atoms with Crippen LogP contribution in [-0.2, 0) is 0 Å². The minimum Gasteiger partial charge on any atom is -0.478 e. The second-order valence-corrected chi connectivity index (χ2v) is 7.66. The van der Waals surface area contributed by atoms with Crippen LogP contribution < -0.4 is 5.32 Å². The van der Waals surface area contributed by atoms with Gasteiger partial charge in [-0.2, -0.15) is 0 Å². The summed E-state index contributed by atoms with van der Waals surface area (Å²) in [6.45, 7) is 5.51. The molecule has 0 aromatic heterocycles. The molecule has 1 fully saturated rings. The summed E-state index contributed by atoms with van der Waals surface area (Å²) in [6.07, 6.45) is 1.06. The van der Waals surface area contributed by atoms with Gasteiger partial charge in [0.15, 0.2) is 0 Å². The average molecular weight is 398 g/mol. The third kappa shape index (κ3) is 4.62. The minimum absolute atomic E-state index is 0.180. The molecule has 0 aliphatic carbocycles. The summed E-state index contributed by atoms with van der Waals surface area (Å²) in [5.74, 6) is -2.36. The third-order valence-corrected chi connectivity index (χ3v) is 5.02. The summed E-state index contributed by atoms with van der Waals surface area (Å²) in [5.41, 5.74) is 0.0836. The highest BCUT2D eigenvalue weighted by molar-refractivity contribution is 6.09. The number of halogens is 1. The highest BCUT2D eigenvalue weighted by Crippen LogP contribution is 2.25. The van der Waals surface area contributed by atoms with E-state index >= 15 is 0 Å². The molecule has 1 aliphatic rings. The van der Waals surface area contributed by atoms with Gasteiger partial charge in [-0.15, -0.1) is 0 Å². The first-order valence-corrected chi connectivity index (χ1v) is 9.48. The van der Waals surface area contributed by atoms with Crippen molar-refractivity contribution in [2.24, 2.45) is 11.8 Å². The monoisotopic (exact) mass is 398 g/mol. The zero-order valence-electron chi connectivity index (χ0n) is 16.3. The van der Waals surface area contributed by atoms with E-state index in [1.165, 1.54) is 0 Å². The fourth-order valence-electron chi connectivity index (χ4n) is 3.80. The SMILES string of the molecule is CC1CC(C)CN(C(=O)c2ccccc2NC(=O)c2ccc(C(=O)O)cc2F)C1. The molecule has 3 rings (SSSR count). The molecule has 1 heterocycles. The van der Waals surface area contributed by atoms with Crippen molar-refractivity contribution >= 4 is 23.5 Å². The van der Waals surface area contributed by atoms with Crippen LogP contribution in [-0.4, -0.2) is 40.9 Å². The Morgan fingerprint density at radius 2 is 1.69 bits per heavy atom. The van der Waals surface area contributed by atoms with Crippen LogP contribution in [0.15, 0.2) is 42.5 Å². The van der Waals surface area contributed by atoms with Crippen LogP contribution in [0.1, 0.15) is 51.3 Å². The Hall–Kier alpha value is -3.22. The molecule has 152 valence electrons. The Bertz CT molecular complexity index is 950. The fourth-order valence-corrected chi connectivity index (χ4v) is 3.80. The second kappa shape index (κ2) is 8.43. The molecule has 1 saturated heterocycles. The van der Waals surface area contributed by atoms with Crippen molar-refractivity contribution in [1.29, 1.82) is 0 Å². The van der Waals surface area contributed by atoms with Crippen molar-refractivity contribution in [2.75, 3.05) is 18.4 Å². The number of carbonyl (C=O) groups excluding carboxylic acids is 2. The molecule has 0 radical (unpaired) electrons. The van der Waals surface area contributed by atoms with E-state index < -0.39 is 17.7 Å². The molecule has 2 atom stereocenters. The minimum atomic E-state index is -1.28. The molecule has 2 aromatic rings. The number of carboxylic acids is 1. The van der Waals surface area contributed by atoms with Crippen LogP contribution in [0.5, 0.6) is 0 Å². The van der Waals surface area contributed by atoms with Gasteiger partial charge in [0.25, 0.3) is 11.8 Å². The van der Waals surface area contributed by atoms with Gasteiger partial charge in [0.2, 0.25) is 0 Å². The highest BCUT2D eigenvalue weighted by Gasteiger charge is 2.27. The summed E-state index contributed by atoms with van der Waals surface area (Å²) >= 11 is 0. The molecular formula is C22H23FN2O4. The molecule has 0 saturated carbocycles. The summed E-state index contributed by atoms with van der Waals surface area (Å²) in [6, 6.07) is 9.68. The standard InChI is InChI=1S/C22H23FN2O4/c1-13-9-14(2)12-25(11-13)21(27)17-5-3-4-6-19(17)24-20(26)16-8-7-15(22(28)29)10-18(16)23/h3-8,10,13-14H,9,11-12H2,1-2H3,(H,24,26)(H,28,29). The Morgan fingerprint density at radius 3 is 2.31 bits per heavy atom. The number of carboxylic acid groups (broad SMARTS) is 1. The summed E-state index contributed by atoms with van der Waals surface area (Å²) in [5, 5.41) is 11.5. The lowest BCUT2D eigenvalue weighted by Crippen LogP contribution is -2.42. The Morgan fingerprint density at radius 1 is 1.03 bits per heavy atom. The number of piperidine rings is 1. The van der Waals surface area contributed by atoms with Crippen LogP contribution in [0, 0.1) is 17.7 Å². The van der Waals surface area contributed by atoms with Crippen molar-refractivity contribution in [3.05, 3.63) is 65.0 Å². The lowest BCUT2D eigenvalue weighted by molar-refractivity contribution is 0.0623. The Kier molecular flexibility index (Phi) is 5.96. The third-order valence-electron chi connectivity index (χ3n) is 5.02. The van der Waals surface area contributed by atoms with Crippen molar-refractivity contribution in [3.63, 3.8) is 0 Å². The highest BCUT2D eigenvalue weighted by atomic mass is 19.1. The number of anilines is 1. The lowest BCUT2D eigenvalue weighted by atomic mass is 9.91. The number of nitrogens with zero attached hydrogens (tertiary/aromatic N) is 1. The number of amides is 2. The van der Waals surface area contributed by atoms with Crippen LogP contribution in [0.25, 0.3) is 0 Å². The molecule has 2 amide bonds. The van der Waals surface area contributed by atoms with Gasteiger partial charge in [0, 0.05) is 13.1 Å². The largest absolute Gasteiger partial charge is 0.478 e. The van der Waals surface area contributed by atoms with E-state index in [1.54, 1.807) is 29.2 Å². The Balaban J connectivity index is 1.83. The van der Waals surface area contributed by atoms with E-state index in [4.69, 9.17) is 5.11 Å². The van der Waals surface area contributed by atoms with Gasteiger partial charge in [-0.25, -0.2) is 9.18 Å². The van der Waals surface area contributed by atoms with Crippen LogP contribution in [0.3, 0.4) is 0 Å². The zero-order chi connectivity index (χ0) is 21.1. The lowest BCUT2D eigenvalue weighted by Gasteiger charge is -2.35. The molecule has 2 aromatic carbocycles. The molecule has 0 bridgehead atoms. The predicted molar refractivity (Wildman–Crippen MR) is 107 cm³/mol. The van der Waals surface area contributed by atoms with Crippen molar-refractivity contribution < 1.29 is 23.9 Å². The van der Waals surface area contributed by atoms with E-state index in [1.807, 2.05) is 0 Å². The normalized spacial score (nSPS) is 18.9. The van der Waals surface area contributed by atoms with Gasteiger partial charge < -0.3 is 15.3 Å². The summed E-state index contributed by atoms with van der Waals surface area (Å²) in [7, 11) is 0. The second-order valence-electron chi connectivity index (χ2n) is 7.66. The summed E-state index contributed by atoms with van der Waals surface area (Å²) < 4.78 is 14.2. The average Bonchev–Trinajstić information content (AvgIpc) is 2.66. The molecular weight excluding hydrogens is 375 g/mol. The van der Waals surface area contributed by atoms with Gasteiger partial charge in [-0.1, -0.05) is 26.0 Å². The van der Waals surface area contributed by atoms with E-state index in [-0.39, 0.29) is 22.7 Å². The molecule has 2 unspecified atom stereocenters. The zero-order valence-corrected chi connectivity index (χ0v) is 16.3. The maximum absolute atomic E-state index is 14.2. The van der Waals surface area contributed by atoms with Crippen molar-refractivity contribution in [2.45, 2.75) is 20.3 Å². The van der Waals surface area contributed by atoms with E-state index in [0.717, 1.165) is 24.6 Å². The number of hydrogen-bond donors (Lipinski definition) is 2. The molecule has 7 heteroatoms. The van der Waals surface area contributed by atoms with E-state index in [0.29, 0.717) is 30.5 Å². The van der Waals surface area contributed by atoms with Gasteiger partial charge in [0.1, 0.15) is 5.82 Å². The molecule has 29 heavy (non-hydrogen) atoms.